The van der Waals surface area contributed by atoms with Gasteiger partial charge in [-0.05, 0) is 45.0 Å². The molecule has 0 unspecified atom stereocenters. The summed E-state index contributed by atoms with van der Waals surface area (Å²) in [6, 6.07) is 6.49. The third kappa shape index (κ3) is 4.85. The van der Waals surface area contributed by atoms with Gasteiger partial charge >= 0.3 is 16.0 Å². The molecule has 0 N–H and O–H groups in total. The van der Waals surface area contributed by atoms with E-state index in [9.17, 15) is 13.2 Å². The van der Waals surface area contributed by atoms with Gasteiger partial charge in [0.25, 0.3) is 4.34 Å². The van der Waals surface area contributed by atoms with Crippen molar-refractivity contribution in [3.63, 3.8) is 0 Å². The largest absolute Gasteiger partial charge is 0.484 e. The van der Waals surface area contributed by atoms with Gasteiger partial charge in [0.2, 0.25) is 0 Å². The summed E-state index contributed by atoms with van der Waals surface area (Å²) in [5.74, 6) is 0.285. The molecule has 0 aliphatic carbocycles. The minimum Gasteiger partial charge on any atom is -0.484 e. The minimum absolute atomic E-state index is 0.00627. The van der Waals surface area contributed by atoms with Crippen LogP contribution < -0.4 is 4.74 Å². The predicted octanol–water partition coefficient (Wildman–Crippen LogP) is 2.91. The van der Waals surface area contributed by atoms with E-state index in [0.717, 1.165) is 11.5 Å². The topological polar surface area (TPSA) is 108 Å². The standard InChI is InChI=1S/C16H19N3O5S2/c1-10(23-5)19-26(21,22)15-17-13(18-25-15)11-6-8-12(9-7-11)24-14(20)16(2,3)4/h6-9H,1-5H3/b19-10-. The van der Waals surface area contributed by atoms with E-state index in [2.05, 4.69) is 13.8 Å². The van der Waals surface area contributed by atoms with Crippen molar-refractivity contribution < 1.29 is 22.7 Å². The lowest BCUT2D eigenvalue weighted by Crippen LogP contribution is -2.25. The van der Waals surface area contributed by atoms with Crippen LogP contribution in [0.25, 0.3) is 11.4 Å². The van der Waals surface area contributed by atoms with Crippen LogP contribution in [0.3, 0.4) is 0 Å². The highest BCUT2D eigenvalue weighted by Crippen LogP contribution is 2.25. The number of hydrogen-bond donors (Lipinski definition) is 0. The fourth-order valence-electron chi connectivity index (χ4n) is 1.61. The van der Waals surface area contributed by atoms with Crippen LogP contribution in [0.4, 0.5) is 0 Å². The van der Waals surface area contributed by atoms with Crippen molar-refractivity contribution in [2.75, 3.05) is 7.11 Å². The van der Waals surface area contributed by atoms with Gasteiger partial charge in [-0.1, -0.05) is 0 Å². The SMILES string of the molecule is CO/C(C)=N\S(=O)(=O)c1nc(-c2ccc(OC(=O)C(C)(C)C)cc2)ns1. The quantitative estimate of drug-likeness (QED) is 0.338. The van der Waals surface area contributed by atoms with E-state index in [1.165, 1.54) is 14.0 Å². The van der Waals surface area contributed by atoms with Crippen LogP contribution in [0.2, 0.25) is 0 Å². The van der Waals surface area contributed by atoms with Crippen molar-refractivity contribution in [3.05, 3.63) is 24.3 Å². The number of carbonyl (C=O) groups is 1. The molecule has 8 nitrogen and oxygen atoms in total. The van der Waals surface area contributed by atoms with Crippen LogP contribution in [0.5, 0.6) is 5.75 Å². The molecule has 0 fully saturated rings. The van der Waals surface area contributed by atoms with Gasteiger partial charge in [0.05, 0.1) is 12.5 Å². The lowest BCUT2D eigenvalue weighted by Gasteiger charge is -2.16. The van der Waals surface area contributed by atoms with Crippen LogP contribution in [0, 0.1) is 5.41 Å². The molecule has 0 saturated carbocycles. The molecule has 2 rings (SSSR count). The molecule has 10 heteroatoms. The second-order valence-electron chi connectivity index (χ2n) is 6.34. The number of sulfonamides is 1. The summed E-state index contributed by atoms with van der Waals surface area (Å²) in [7, 11) is -2.63. The summed E-state index contributed by atoms with van der Waals surface area (Å²) < 4.78 is 41.5. The Hall–Kier alpha value is -2.33. The van der Waals surface area contributed by atoms with E-state index >= 15 is 0 Å². The third-order valence-electron chi connectivity index (χ3n) is 3.11. The van der Waals surface area contributed by atoms with E-state index in [1.54, 1.807) is 45.0 Å². The van der Waals surface area contributed by atoms with Crippen LogP contribution in [-0.4, -0.2) is 36.8 Å². The zero-order valence-corrected chi connectivity index (χ0v) is 16.6. The number of esters is 1. The van der Waals surface area contributed by atoms with Crippen molar-refractivity contribution in [1.29, 1.82) is 0 Å². The molecule has 0 bridgehead atoms. The Bertz CT molecular complexity index is 926. The lowest BCUT2D eigenvalue weighted by molar-refractivity contribution is -0.142. The molecule has 26 heavy (non-hydrogen) atoms. The second kappa shape index (κ2) is 7.50. The lowest BCUT2D eigenvalue weighted by atomic mass is 9.97. The highest BCUT2D eigenvalue weighted by atomic mass is 32.2. The molecule has 0 radical (unpaired) electrons. The van der Waals surface area contributed by atoms with Crippen molar-refractivity contribution in [2.45, 2.75) is 32.0 Å². The maximum absolute atomic E-state index is 12.1. The molecule has 1 aromatic heterocycles. The summed E-state index contributed by atoms with van der Waals surface area (Å²) >= 11 is 0.725. The molecular weight excluding hydrogens is 378 g/mol. The number of hydrogen-bond acceptors (Lipinski definition) is 8. The fraction of sp³-hybridized carbons (Fsp3) is 0.375. The highest BCUT2D eigenvalue weighted by molar-refractivity contribution is 7.92. The second-order valence-corrected chi connectivity index (χ2v) is 8.87. The molecule has 2 aromatic rings. The first kappa shape index (κ1) is 20.0. The summed E-state index contributed by atoms with van der Waals surface area (Å²) in [4.78, 5) is 15.9. The summed E-state index contributed by atoms with van der Waals surface area (Å²) in [5, 5.41) is 0. The van der Waals surface area contributed by atoms with Crippen LogP contribution in [-0.2, 0) is 19.6 Å². The Kier molecular flexibility index (Phi) is 5.77. The average molecular weight is 397 g/mol. The van der Waals surface area contributed by atoms with Gasteiger partial charge in [-0.25, -0.2) is 4.98 Å². The monoisotopic (exact) mass is 397 g/mol. The number of rotatable bonds is 4. The van der Waals surface area contributed by atoms with Crippen LogP contribution >= 0.6 is 11.5 Å². The molecule has 1 aromatic carbocycles. The van der Waals surface area contributed by atoms with Gasteiger partial charge in [-0.2, -0.15) is 12.8 Å². The van der Waals surface area contributed by atoms with Crippen LogP contribution in [0.1, 0.15) is 27.7 Å². The number of benzene rings is 1. The zero-order chi connectivity index (χ0) is 19.5. The molecule has 0 spiro atoms. The molecule has 0 atom stereocenters. The van der Waals surface area contributed by atoms with Gasteiger partial charge < -0.3 is 9.47 Å². The van der Waals surface area contributed by atoms with Crippen molar-refractivity contribution >= 4 is 33.4 Å². The molecule has 0 aliphatic rings. The maximum Gasteiger partial charge on any atom is 0.316 e. The van der Waals surface area contributed by atoms with Gasteiger partial charge in [-0.3, -0.25) is 4.79 Å². The molecular formula is C16H19N3O5S2. The molecule has 140 valence electrons. The van der Waals surface area contributed by atoms with Crippen molar-refractivity contribution in [3.8, 4) is 17.1 Å². The molecule has 0 amide bonds. The first-order chi connectivity index (χ1) is 12.0. The zero-order valence-electron chi connectivity index (χ0n) is 15.0. The smallest absolute Gasteiger partial charge is 0.316 e. The Morgan fingerprint density at radius 3 is 2.35 bits per heavy atom. The van der Waals surface area contributed by atoms with Gasteiger partial charge in [0.1, 0.15) is 5.75 Å². The summed E-state index contributed by atoms with van der Waals surface area (Å²) in [6.45, 7) is 6.72. The van der Waals surface area contributed by atoms with Gasteiger partial charge in [-0.15, -0.1) is 4.40 Å². The molecule has 1 heterocycles. The Morgan fingerprint density at radius 2 is 1.81 bits per heavy atom. The number of ether oxygens (including phenoxy) is 2. The van der Waals surface area contributed by atoms with E-state index in [1.807, 2.05) is 0 Å². The Morgan fingerprint density at radius 1 is 1.19 bits per heavy atom. The Balaban J connectivity index is 2.21. The third-order valence-corrected chi connectivity index (χ3v) is 5.50. The van der Waals surface area contributed by atoms with E-state index in [-0.39, 0.29) is 22.0 Å². The number of aromatic nitrogens is 2. The summed E-state index contributed by atoms with van der Waals surface area (Å²) in [5.41, 5.74) is -0.0232. The first-order valence-electron chi connectivity index (χ1n) is 7.55. The molecule has 0 aliphatic heterocycles. The van der Waals surface area contributed by atoms with Crippen molar-refractivity contribution in [1.82, 2.24) is 9.36 Å². The van der Waals surface area contributed by atoms with E-state index in [4.69, 9.17) is 9.47 Å². The maximum atomic E-state index is 12.1. The number of carbonyl (C=O) groups excluding carboxylic acids is 1. The molecule has 0 saturated heterocycles. The van der Waals surface area contributed by atoms with Crippen LogP contribution in [0.15, 0.2) is 33.0 Å². The first-order valence-corrected chi connectivity index (χ1v) is 9.76. The predicted molar refractivity (Wildman–Crippen MR) is 97.7 cm³/mol. The van der Waals surface area contributed by atoms with E-state index < -0.39 is 15.4 Å². The van der Waals surface area contributed by atoms with Gasteiger partial charge in [0.15, 0.2) is 11.7 Å². The number of nitrogens with zero attached hydrogens (tertiary/aromatic N) is 3. The van der Waals surface area contributed by atoms with Crippen molar-refractivity contribution in [2.24, 2.45) is 9.81 Å². The Labute approximate surface area is 156 Å². The highest BCUT2D eigenvalue weighted by Gasteiger charge is 2.24. The minimum atomic E-state index is -3.96. The van der Waals surface area contributed by atoms with Gasteiger partial charge in [0, 0.05) is 24.0 Å². The summed E-state index contributed by atoms with van der Waals surface area (Å²) in [6.07, 6.45) is 0. The van der Waals surface area contributed by atoms with E-state index in [0.29, 0.717) is 11.3 Å². The average Bonchev–Trinajstić information content (AvgIpc) is 3.05. The normalized spacial score (nSPS) is 12.7. The number of methoxy groups -OCH3 is 1. The fourth-order valence-corrected chi connectivity index (χ4v) is 3.34.